The molecule has 10 heteroatoms. The third-order valence-electron chi connectivity index (χ3n) is 3.83. The van der Waals surface area contributed by atoms with Gasteiger partial charge in [-0.15, -0.1) is 11.8 Å². The normalized spacial score (nSPS) is 11.4. The van der Waals surface area contributed by atoms with E-state index in [0.29, 0.717) is 15.7 Å². The van der Waals surface area contributed by atoms with Crippen molar-refractivity contribution in [1.29, 1.82) is 0 Å². The minimum atomic E-state index is -0.837. The first-order valence-corrected chi connectivity index (χ1v) is 9.93. The van der Waals surface area contributed by atoms with Gasteiger partial charge < -0.3 is 4.74 Å². The average molecular weight is 438 g/mol. The molecule has 154 valence electrons. The number of amides is 2. The van der Waals surface area contributed by atoms with Crippen LogP contribution in [0, 0.1) is 24.0 Å². The van der Waals surface area contributed by atoms with E-state index in [-0.39, 0.29) is 11.4 Å². The zero-order valence-electron chi connectivity index (χ0n) is 16.0. The van der Waals surface area contributed by atoms with Gasteiger partial charge in [-0.25, -0.2) is 0 Å². The molecule has 0 radical (unpaired) electrons. The summed E-state index contributed by atoms with van der Waals surface area (Å²) in [5.41, 5.74) is 6.23. The number of carbonyl (C=O) groups is 2. The summed E-state index contributed by atoms with van der Waals surface area (Å²) in [6, 6.07) is 9.32. The molecule has 0 fully saturated rings. The number of benzene rings is 2. The summed E-state index contributed by atoms with van der Waals surface area (Å²) in [4.78, 5) is 34.9. The van der Waals surface area contributed by atoms with E-state index in [4.69, 9.17) is 16.3 Å². The lowest BCUT2D eigenvalue weighted by atomic mass is 10.1. The van der Waals surface area contributed by atoms with Crippen molar-refractivity contribution >= 4 is 40.9 Å². The van der Waals surface area contributed by atoms with E-state index in [1.165, 1.54) is 23.9 Å². The number of non-ortho nitro benzene ring substituents is 1. The molecule has 1 unspecified atom stereocenters. The Bertz CT molecular complexity index is 898. The van der Waals surface area contributed by atoms with Crippen LogP contribution in [0.3, 0.4) is 0 Å². The van der Waals surface area contributed by atoms with E-state index in [0.717, 1.165) is 11.1 Å². The highest BCUT2D eigenvalue weighted by atomic mass is 35.5. The molecule has 2 aromatic carbocycles. The number of nitrogens with one attached hydrogen (secondary N) is 2. The smallest absolute Gasteiger partial charge is 0.279 e. The van der Waals surface area contributed by atoms with Crippen LogP contribution in [0.5, 0.6) is 5.75 Å². The van der Waals surface area contributed by atoms with Crippen LogP contribution in [0.25, 0.3) is 0 Å². The molecule has 29 heavy (non-hydrogen) atoms. The van der Waals surface area contributed by atoms with Crippen molar-refractivity contribution in [2.24, 2.45) is 0 Å². The Morgan fingerprint density at radius 3 is 2.31 bits per heavy atom. The van der Waals surface area contributed by atoms with E-state index >= 15 is 0 Å². The molecular formula is C19H20ClN3O5S. The van der Waals surface area contributed by atoms with Crippen LogP contribution in [-0.4, -0.2) is 28.6 Å². The number of hydrogen-bond acceptors (Lipinski definition) is 6. The van der Waals surface area contributed by atoms with Crippen LogP contribution < -0.4 is 15.6 Å². The number of nitrogens with zero attached hydrogens (tertiary/aromatic N) is 1. The number of hydrogen-bond donors (Lipinski definition) is 2. The second kappa shape index (κ2) is 10.1. The molecule has 0 saturated carbocycles. The zero-order chi connectivity index (χ0) is 21.6. The van der Waals surface area contributed by atoms with Gasteiger partial charge in [-0.05, 0) is 56.2 Å². The predicted octanol–water partition coefficient (Wildman–Crippen LogP) is 3.57. The van der Waals surface area contributed by atoms with Crippen LogP contribution in [0.1, 0.15) is 18.1 Å². The van der Waals surface area contributed by atoms with Gasteiger partial charge in [0.15, 0.2) is 6.10 Å². The Kier molecular flexibility index (Phi) is 7.86. The SMILES string of the molecule is Cc1cc(Cl)cc(C)c1OC(C)C(=O)NNC(=O)CSc1ccc([N+](=O)[O-])cc1. The molecule has 2 aromatic rings. The maximum Gasteiger partial charge on any atom is 0.279 e. The summed E-state index contributed by atoms with van der Waals surface area (Å²) >= 11 is 7.17. The average Bonchev–Trinajstić information content (AvgIpc) is 2.67. The van der Waals surface area contributed by atoms with Crippen molar-refractivity contribution in [3.8, 4) is 5.75 Å². The third kappa shape index (κ3) is 6.65. The zero-order valence-corrected chi connectivity index (χ0v) is 17.6. The molecule has 0 aliphatic carbocycles. The van der Waals surface area contributed by atoms with Gasteiger partial charge in [0.1, 0.15) is 5.75 Å². The van der Waals surface area contributed by atoms with Crippen molar-refractivity contribution < 1.29 is 19.2 Å². The second-order valence-electron chi connectivity index (χ2n) is 6.21. The number of thioether (sulfide) groups is 1. The molecule has 1 atom stereocenters. The van der Waals surface area contributed by atoms with E-state index < -0.39 is 22.8 Å². The van der Waals surface area contributed by atoms with E-state index in [1.54, 1.807) is 31.2 Å². The number of halogens is 1. The topological polar surface area (TPSA) is 111 Å². The summed E-state index contributed by atoms with van der Waals surface area (Å²) < 4.78 is 5.70. The van der Waals surface area contributed by atoms with Crippen molar-refractivity contribution in [2.45, 2.75) is 31.8 Å². The fourth-order valence-corrected chi connectivity index (χ4v) is 3.42. The molecule has 0 spiro atoms. The number of hydrazine groups is 1. The summed E-state index contributed by atoms with van der Waals surface area (Å²) in [6.45, 7) is 5.23. The van der Waals surface area contributed by atoms with E-state index in [2.05, 4.69) is 10.9 Å². The lowest BCUT2D eigenvalue weighted by Crippen LogP contribution is -2.47. The predicted molar refractivity (Wildman–Crippen MR) is 111 cm³/mol. The fourth-order valence-electron chi connectivity index (χ4n) is 2.40. The minimum Gasteiger partial charge on any atom is -0.480 e. The highest BCUT2D eigenvalue weighted by Crippen LogP contribution is 2.28. The summed E-state index contributed by atoms with van der Waals surface area (Å²) in [7, 11) is 0. The molecule has 8 nitrogen and oxygen atoms in total. The lowest BCUT2D eigenvalue weighted by Gasteiger charge is -2.18. The molecular weight excluding hydrogens is 418 g/mol. The van der Waals surface area contributed by atoms with Crippen molar-refractivity contribution in [2.75, 3.05) is 5.75 Å². The molecule has 0 aliphatic heterocycles. The van der Waals surface area contributed by atoms with Gasteiger partial charge in [0.25, 0.3) is 11.6 Å². The molecule has 0 aromatic heterocycles. The van der Waals surface area contributed by atoms with Crippen LogP contribution in [0.4, 0.5) is 5.69 Å². The van der Waals surface area contributed by atoms with Gasteiger partial charge in [-0.2, -0.15) is 0 Å². The monoisotopic (exact) mass is 437 g/mol. The van der Waals surface area contributed by atoms with Gasteiger partial charge in [-0.3, -0.25) is 30.6 Å². The Morgan fingerprint density at radius 1 is 1.17 bits per heavy atom. The first kappa shape index (κ1) is 22.5. The second-order valence-corrected chi connectivity index (χ2v) is 7.69. The maximum atomic E-state index is 12.2. The molecule has 0 heterocycles. The van der Waals surface area contributed by atoms with Gasteiger partial charge in [-0.1, -0.05) is 11.6 Å². The molecule has 2 amide bonds. The van der Waals surface area contributed by atoms with Gasteiger partial charge in [0, 0.05) is 22.1 Å². The Balaban J connectivity index is 1.80. The molecule has 2 N–H and O–H groups in total. The lowest BCUT2D eigenvalue weighted by molar-refractivity contribution is -0.384. The standard InChI is InChI=1S/C19H20ClN3O5S/c1-11-8-14(20)9-12(2)18(11)28-13(3)19(25)22-21-17(24)10-29-16-6-4-15(5-7-16)23(26)27/h4-9,13H,10H2,1-3H3,(H,21,24)(H,22,25). The van der Waals surface area contributed by atoms with Crippen LogP contribution in [0.2, 0.25) is 5.02 Å². The van der Waals surface area contributed by atoms with Gasteiger partial charge >= 0.3 is 0 Å². The first-order chi connectivity index (χ1) is 13.7. The van der Waals surface area contributed by atoms with Crippen LogP contribution in [-0.2, 0) is 9.59 Å². The molecule has 2 rings (SSSR count). The van der Waals surface area contributed by atoms with Crippen molar-refractivity contribution in [1.82, 2.24) is 10.9 Å². The number of rotatable bonds is 7. The molecule has 0 aliphatic rings. The summed E-state index contributed by atoms with van der Waals surface area (Å²) in [5.74, 6) is -0.333. The summed E-state index contributed by atoms with van der Waals surface area (Å²) in [5, 5.41) is 11.2. The number of aryl methyl sites for hydroxylation is 2. The first-order valence-electron chi connectivity index (χ1n) is 8.56. The maximum absolute atomic E-state index is 12.2. The largest absolute Gasteiger partial charge is 0.480 e. The summed E-state index contributed by atoms with van der Waals surface area (Å²) in [6.07, 6.45) is -0.837. The number of carbonyl (C=O) groups excluding carboxylic acids is 2. The minimum absolute atomic E-state index is 0.0220. The highest BCUT2D eigenvalue weighted by molar-refractivity contribution is 8.00. The number of ether oxygens (including phenoxy) is 1. The van der Waals surface area contributed by atoms with Gasteiger partial charge in [0.05, 0.1) is 10.7 Å². The number of nitro benzene ring substituents is 1. The Labute approximate surface area is 177 Å². The number of nitro groups is 1. The third-order valence-corrected chi connectivity index (χ3v) is 5.06. The quantitative estimate of drug-likeness (QED) is 0.389. The van der Waals surface area contributed by atoms with E-state index in [1.807, 2.05) is 13.8 Å². The Hall–Kier alpha value is -2.78. The highest BCUT2D eigenvalue weighted by Gasteiger charge is 2.18. The Morgan fingerprint density at radius 2 is 1.76 bits per heavy atom. The van der Waals surface area contributed by atoms with Crippen LogP contribution in [0.15, 0.2) is 41.3 Å². The van der Waals surface area contributed by atoms with E-state index in [9.17, 15) is 19.7 Å². The van der Waals surface area contributed by atoms with Crippen LogP contribution >= 0.6 is 23.4 Å². The fraction of sp³-hybridized carbons (Fsp3) is 0.263. The van der Waals surface area contributed by atoms with Crippen molar-refractivity contribution in [3.05, 3.63) is 62.7 Å². The molecule has 0 bridgehead atoms. The van der Waals surface area contributed by atoms with Crippen molar-refractivity contribution in [3.63, 3.8) is 0 Å². The molecule has 0 saturated heterocycles. The van der Waals surface area contributed by atoms with Gasteiger partial charge in [0.2, 0.25) is 5.91 Å².